The predicted molar refractivity (Wildman–Crippen MR) is 89.6 cm³/mol. The zero-order chi connectivity index (χ0) is 14.0. The van der Waals surface area contributed by atoms with E-state index in [9.17, 15) is 4.79 Å². The Morgan fingerprint density at radius 3 is 2.86 bits per heavy atom. The first-order valence-electron chi connectivity index (χ1n) is 6.52. The van der Waals surface area contributed by atoms with Crippen molar-refractivity contribution in [1.82, 2.24) is 9.88 Å². The standard InChI is InChI=1S/C13H21N3O2S.2ClH/c1-8-15-10-5-4-6-11(12(10)19-8)16(2)13(17)9(14)7-18-3;;/h9,11H,4-7,14H2,1-3H3;2*1H. The number of methoxy groups -OCH3 is 1. The molecule has 0 aromatic carbocycles. The van der Waals surface area contributed by atoms with Crippen LogP contribution in [0.5, 0.6) is 0 Å². The highest BCUT2D eigenvalue weighted by atomic mass is 35.5. The second-order valence-electron chi connectivity index (χ2n) is 4.96. The van der Waals surface area contributed by atoms with Gasteiger partial charge in [0.1, 0.15) is 6.04 Å². The monoisotopic (exact) mass is 355 g/mol. The Morgan fingerprint density at radius 1 is 1.57 bits per heavy atom. The molecule has 0 bridgehead atoms. The van der Waals surface area contributed by atoms with Gasteiger partial charge in [-0.25, -0.2) is 4.98 Å². The van der Waals surface area contributed by atoms with E-state index in [-0.39, 0.29) is 43.4 Å². The number of nitrogens with zero attached hydrogens (tertiary/aromatic N) is 2. The van der Waals surface area contributed by atoms with Gasteiger partial charge in [-0.05, 0) is 26.2 Å². The van der Waals surface area contributed by atoms with Gasteiger partial charge >= 0.3 is 0 Å². The van der Waals surface area contributed by atoms with Crippen LogP contribution >= 0.6 is 36.2 Å². The number of halogens is 2. The van der Waals surface area contributed by atoms with Crippen molar-refractivity contribution in [3.05, 3.63) is 15.6 Å². The lowest BCUT2D eigenvalue weighted by molar-refractivity contribution is -0.134. The molecule has 1 heterocycles. The van der Waals surface area contributed by atoms with Gasteiger partial charge in [0.05, 0.1) is 28.2 Å². The number of thiazole rings is 1. The second-order valence-corrected chi connectivity index (χ2v) is 6.20. The summed E-state index contributed by atoms with van der Waals surface area (Å²) in [5.41, 5.74) is 6.98. The SMILES string of the molecule is COCC(N)C(=O)N(C)C1CCCc2nc(C)sc21.Cl.Cl. The van der Waals surface area contributed by atoms with E-state index < -0.39 is 6.04 Å². The van der Waals surface area contributed by atoms with E-state index in [1.54, 1.807) is 23.3 Å². The first-order valence-corrected chi connectivity index (χ1v) is 7.33. The second kappa shape index (κ2) is 8.90. The van der Waals surface area contributed by atoms with Crippen LogP contribution in [0.1, 0.15) is 34.5 Å². The number of hydrogen-bond donors (Lipinski definition) is 1. The molecule has 21 heavy (non-hydrogen) atoms. The Hall–Kier alpha value is -0.400. The molecule has 1 aliphatic carbocycles. The van der Waals surface area contributed by atoms with E-state index in [0.29, 0.717) is 0 Å². The molecule has 122 valence electrons. The number of aromatic nitrogens is 1. The fourth-order valence-corrected chi connectivity index (χ4v) is 3.71. The van der Waals surface area contributed by atoms with Gasteiger partial charge in [0.15, 0.2) is 0 Å². The summed E-state index contributed by atoms with van der Waals surface area (Å²) in [7, 11) is 3.38. The smallest absolute Gasteiger partial charge is 0.242 e. The molecular formula is C13H23Cl2N3O2S. The van der Waals surface area contributed by atoms with Crippen LogP contribution in [0.25, 0.3) is 0 Å². The average Bonchev–Trinajstić information content (AvgIpc) is 2.77. The van der Waals surface area contributed by atoms with Crippen molar-refractivity contribution < 1.29 is 9.53 Å². The first-order chi connectivity index (χ1) is 9.04. The number of amides is 1. The summed E-state index contributed by atoms with van der Waals surface area (Å²) in [5.74, 6) is -0.0641. The van der Waals surface area contributed by atoms with Crippen LogP contribution in [-0.2, 0) is 16.0 Å². The van der Waals surface area contributed by atoms with Gasteiger partial charge in [-0.1, -0.05) is 0 Å². The van der Waals surface area contributed by atoms with Crippen molar-refractivity contribution in [2.75, 3.05) is 20.8 Å². The zero-order valence-electron chi connectivity index (χ0n) is 12.5. The van der Waals surface area contributed by atoms with Crippen molar-refractivity contribution in [3.8, 4) is 0 Å². The fraction of sp³-hybridized carbons (Fsp3) is 0.692. The summed E-state index contributed by atoms with van der Waals surface area (Å²) >= 11 is 1.69. The van der Waals surface area contributed by atoms with Crippen molar-refractivity contribution in [2.45, 2.75) is 38.3 Å². The number of aryl methyl sites for hydroxylation is 2. The van der Waals surface area contributed by atoms with E-state index in [1.165, 1.54) is 4.88 Å². The van der Waals surface area contributed by atoms with Crippen molar-refractivity contribution in [2.24, 2.45) is 5.73 Å². The predicted octanol–water partition coefficient (Wildman–Crippen LogP) is 2.10. The molecule has 1 aliphatic rings. The number of likely N-dealkylation sites (N-methyl/N-ethyl adjacent to an activating group) is 1. The topological polar surface area (TPSA) is 68.5 Å². The lowest BCUT2D eigenvalue weighted by atomic mass is 9.96. The molecule has 2 atom stereocenters. The third-order valence-corrected chi connectivity index (χ3v) is 4.62. The van der Waals surface area contributed by atoms with Gasteiger partial charge in [0.25, 0.3) is 0 Å². The molecule has 0 saturated heterocycles. The van der Waals surface area contributed by atoms with Crippen molar-refractivity contribution in [3.63, 3.8) is 0 Å². The third-order valence-electron chi connectivity index (χ3n) is 3.51. The Balaban J connectivity index is 0.00000200. The maximum absolute atomic E-state index is 12.3. The minimum Gasteiger partial charge on any atom is -0.383 e. The molecule has 2 rings (SSSR count). The minimum absolute atomic E-state index is 0. The van der Waals surface area contributed by atoms with Crippen LogP contribution in [0.15, 0.2) is 0 Å². The highest BCUT2D eigenvalue weighted by molar-refractivity contribution is 7.11. The number of rotatable bonds is 4. The fourth-order valence-electron chi connectivity index (χ4n) is 2.55. The molecule has 2 unspecified atom stereocenters. The van der Waals surface area contributed by atoms with E-state index in [4.69, 9.17) is 10.5 Å². The van der Waals surface area contributed by atoms with Gasteiger partial charge in [-0.2, -0.15) is 0 Å². The lowest BCUT2D eigenvalue weighted by Crippen LogP contribution is -2.46. The minimum atomic E-state index is -0.589. The Bertz CT molecular complexity index is 470. The molecular weight excluding hydrogens is 333 g/mol. The molecule has 0 radical (unpaired) electrons. The number of fused-ring (bicyclic) bond motifs is 1. The van der Waals surface area contributed by atoms with Crippen molar-refractivity contribution >= 4 is 42.1 Å². The van der Waals surface area contributed by atoms with E-state index >= 15 is 0 Å². The first kappa shape index (κ1) is 20.6. The molecule has 8 heteroatoms. The summed E-state index contributed by atoms with van der Waals surface area (Å²) in [6.07, 6.45) is 3.07. The van der Waals surface area contributed by atoms with E-state index in [0.717, 1.165) is 30.0 Å². The van der Waals surface area contributed by atoms with Crippen LogP contribution in [0.3, 0.4) is 0 Å². The summed E-state index contributed by atoms with van der Waals surface area (Å²) in [6.45, 7) is 2.27. The molecule has 5 nitrogen and oxygen atoms in total. The molecule has 1 amide bonds. The average molecular weight is 356 g/mol. The molecule has 2 N–H and O–H groups in total. The summed E-state index contributed by atoms with van der Waals surface area (Å²) < 4.78 is 4.95. The maximum Gasteiger partial charge on any atom is 0.242 e. The Labute approximate surface area is 142 Å². The molecule has 0 saturated carbocycles. The van der Waals surface area contributed by atoms with Crippen LogP contribution < -0.4 is 5.73 Å². The van der Waals surface area contributed by atoms with Crippen molar-refractivity contribution in [1.29, 1.82) is 0 Å². The number of carbonyl (C=O) groups excluding carboxylic acids is 1. The Morgan fingerprint density at radius 2 is 2.24 bits per heavy atom. The van der Waals surface area contributed by atoms with Gasteiger partial charge in [0, 0.05) is 14.2 Å². The largest absolute Gasteiger partial charge is 0.383 e. The molecule has 0 aliphatic heterocycles. The highest BCUT2D eigenvalue weighted by Crippen LogP contribution is 2.37. The molecule has 1 aromatic rings. The van der Waals surface area contributed by atoms with Gasteiger partial charge in [0.2, 0.25) is 5.91 Å². The summed E-state index contributed by atoms with van der Waals surface area (Å²) in [6, 6.07) is -0.472. The maximum atomic E-state index is 12.3. The highest BCUT2D eigenvalue weighted by Gasteiger charge is 2.31. The summed E-state index contributed by atoms with van der Waals surface area (Å²) in [4.78, 5) is 19.8. The number of nitrogens with two attached hydrogens (primary N) is 1. The van der Waals surface area contributed by atoms with Crippen LogP contribution in [0.4, 0.5) is 0 Å². The van der Waals surface area contributed by atoms with Gasteiger partial charge < -0.3 is 15.4 Å². The summed E-state index contributed by atoms with van der Waals surface area (Å²) in [5, 5.41) is 1.07. The number of carbonyl (C=O) groups is 1. The van der Waals surface area contributed by atoms with Gasteiger partial charge in [-0.3, -0.25) is 4.79 Å². The molecule has 1 aromatic heterocycles. The van der Waals surface area contributed by atoms with Crippen LogP contribution in [0, 0.1) is 6.92 Å². The van der Waals surface area contributed by atoms with E-state index in [1.807, 2.05) is 14.0 Å². The molecule has 0 spiro atoms. The van der Waals surface area contributed by atoms with Crippen LogP contribution in [-0.4, -0.2) is 42.6 Å². The third kappa shape index (κ3) is 4.53. The molecule has 0 fully saturated rings. The van der Waals surface area contributed by atoms with Gasteiger partial charge in [-0.15, -0.1) is 36.2 Å². The number of hydrogen-bond acceptors (Lipinski definition) is 5. The quantitative estimate of drug-likeness (QED) is 0.897. The zero-order valence-corrected chi connectivity index (χ0v) is 14.9. The lowest BCUT2D eigenvalue weighted by Gasteiger charge is -2.32. The Kier molecular flexibility index (Phi) is 8.73. The number of ether oxygens (including phenoxy) is 1. The van der Waals surface area contributed by atoms with E-state index in [2.05, 4.69) is 4.98 Å². The van der Waals surface area contributed by atoms with Crippen LogP contribution in [0.2, 0.25) is 0 Å². The normalized spacial score (nSPS) is 18.0.